The van der Waals surface area contributed by atoms with Crippen LogP contribution in [0.2, 0.25) is 0 Å². The second-order valence-corrected chi connectivity index (χ2v) is 6.39. The number of carbonyl (C=O) groups excluding carboxylic acids is 1. The summed E-state index contributed by atoms with van der Waals surface area (Å²) in [6, 6.07) is 3.73. The van der Waals surface area contributed by atoms with Gasteiger partial charge >= 0.3 is 5.97 Å². The highest BCUT2D eigenvalue weighted by atomic mass is 16.4. The van der Waals surface area contributed by atoms with Crippen LogP contribution < -0.4 is 0 Å². The molecule has 2 atom stereocenters. The van der Waals surface area contributed by atoms with Gasteiger partial charge < -0.3 is 14.4 Å². The Morgan fingerprint density at radius 3 is 2.60 bits per heavy atom. The van der Waals surface area contributed by atoms with Crippen LogP contribution in [-0.4, -0.2) is 38.4 Å². The summed E-state index contributed by atoms with van der Waals surface area (Å²) in [6.07, 6.45) is 4.87. The smallest absolute Gasteiger partial charge is 0.356 e. The van der Waals surface area contributed by atoms with Crippen molar-refractivity contribution in [2.75, 3.05) is 6.54 Å². The van der Waals surface area contributed by atoms with Crippen molar-refractivity contribution in [2.24, 2.45) is 5.92 Å². The number of rotatable bonds is 4. The lowest BCUT2D eigenvalue weighted by Crippen LogP contribution is -2.41. The van der Waals surface area contributed by atoms with Crippen LogP contribution in [0.5, 0.6) is 0 Å². The molecule has 0 aromatic carbocycles. The summed E-state index contributed by atoms with van der Waals surface area (Å²) in [4.78, 5) is 33.3. The van der Waals surface area contributed by atoms with Gasteiger partial charge in [0.1, 0.15) is 17.2 Å². The summed E-state index contributed by atoms with van der Waals surface area (Å²) in [6.45, 7) is 4.80. The van der Waals surface area contributed by atoms with Gasteiger partial charge in [-0.2, -0.15) is 0 Å². The third-order valence-corrected chi connectivity index (χ3v) is 4.57. The maximum Gasteiger partial charge on any atom is 0.356 e. The van der Waals surface area contributed by atoms with Crippen molar-refractivity contribution in [1.82, 2.24) is 14.9 Å². The molecule has 1 amide bonds. The fourth-order valence-corrected chi connectivity index (χ4v) is 3.11. The number of aromatic carboxylic acids is 1. The Balaban J connectivity index is 1.86. The van der Waals surface area contributed by atoms with Crippen molar-refractivity contribution < 1.29 is 19.1 Å². The quantitative estimate of drug-likeness (QED) is 0.917. The monoisotopic (exact) mass is 343 g/mol. The number of nitrogens with zero attached hydrogens (tertiary/aromatic N) is 3. The molecule has 132 valence electrons. The number of carboxylic acid groups (broad SMARTS) is 1. The van der Waals surface area contributed by atoms with Crippen LogP contribution in [0.1, 0.15) is 65.2 Å². The first-order valence-corrected chi connectivity index (χ1v) is 8.44. The zero-order valence-electron chi connectivity index (χ0n) is 14.3. The minimum Gasteiger partial charge on any atom is -0.476 e. The van der Waals surface area contributed by atoms with Crippen molar-refractivity contribution in [1.29, 1.82) is 0 Å². The Morgan fingerprint density at radius 2 is 2.00 bits per heavy atom. The van der Waals surface area contributed by atoms with Crippen LogP contribution in [0.15, 0.2) is 28.9 Å². The van der Waals surface area contributed by atoms with Gasteiger partial charge in [-0.15, -0.1) is 0 Å². The lowest BCUT2D eigenvalue weighted by Gasteiger charge is -2.37. The van der Waals surface area contributed by atoms with Crippen LogP contribution in [-0.2, 0) is 6.42 Å². The van der Waals surface area contributed by atoms with Crippen LogP contribution in [0.25, 0.3) is 0 Å². The molecule has 2 aromatic heterocycles. The Morgan fingerprint density at radius 1 is 1.28 bits per heavy atom. The third kappa shape index (κ3) is 3.55. The van der Waals surface area contributed by atoms with E-state index in [9.17, 15) is 9.59 Å². The Hall–Kier alpha value is -2.70. The van der Waals surface area contributed by atoms with E-state index in [1.165, 1.54) is 6.20 Å². The molecule has 1 N–H and O–H groups in total. The van der Waals surface area contributed by atoms with Crippen LogP contribution in [0.4, 0.5) is 0 Å². The van der Waals surface area contributed by atoms with E-state index in [1.807, 2.05) is 19.1 Å². The van der Waals surface area contributed by atoms with Gasteiger partial charge in [-0.25, -0.2) is 14.8 Å². The van der Waals surface area contributed by atoms with Crippen molar-refractivity contribution in [3.05, 3.63) is 47.4 Å². The highest BCUT2D eigenvalue weighted by Gasteiger charge is 2.34. The lowest BCUT2D eigenvalue weighted by molar-refractivity contribution is 0.0511. The molecule has 0 spiro atoms. The highest BCUT2D eigenvalue weighted by molar-refractivity contribution is 5.93. The second kappa shape index (κ2) is 7.04. The van der Waals surface area contributed by atoms with E-state index in [0.717, 1.165) is 37.0 Å². The number of carboxylic acids is 1. The third-order valence-electron chi connectivity index (χ3n) is 4.57. The number of aromatic nitrogens is 2. The molecule has 2 aromatic rings. The summed E-state index contributed by atoms with van der Waals surface area (Å²) >= 11 is 0. The molecule has 3 heterocycles. The number of hydrogen-bond donors (Lipinski definition) is 1. The topological polar surface area (TPSA) is 96.5 Å². The van der Waals surface area contributed by atoms with Gasteiger partial charge in [0.2, 0.25) is 0 Å². The van der Waals surface area contributed by atoms with Gasteiger partial charge in [-0.05, 0) is 30.9 Å². The lowest BCUT2D eigenvalue weighted by atomic mass is 9.91. The Kier molecular flexibility index (Phi) is 4.83. The minimum atomic E-state index is -1.17. The largest absolute Gasteiger partial charge is 0.476 e. The molecule has 2 unspecified atom stereocenters. The van der Waals surface area contributed by atoms with Gasteiger partial charge in [-0.1, -0.05) is 13.8 Å². The van der Waals surface area contributed by atoms with Gasteiger partial charge in [0.15, 0.2) is 5.69 Å². The van der Waals surface area contributed by atoms with Crippen LogP contribution in [0.3, 0.4) is 0 Å². The molecule has 1 aliphatic rings. The highest BCUT2D eigenvalue weighted by Crippen LogP contribution is 2.35. The van der Waals surface area contributed by atoms with Gasteiger partial charge in [-0.3, -0.25) is 4.79 Å². The molecular weight excluding hydrogens is 322 g/mol. The molecule has 7 nitrogen and oxygen atoms in total. The summed E-state index contributed by atoms with van der Waals surface area (Å²) in [7, 11) is 0. The van der Waals surface area contributed by atoms with Gasteiger partial charge in [0.05, 0.1) is 18.4 Å². The predicted octanol–water partition coefficient (Wildman–Crippen LogP) is 2.94. The molecule has 1 aliphatic heterocycles. The van der Waals surface area contributed by atoms with E-state index in [-0.39, 0.29) is 23.3 Å². The Bertz CT molecular complexity index is 769. The molecule has 3 rings (SSSR count). The number of aryl methyl sites for hydroxylation is 1. The first-order valence-electron chi connectivity index (χ1n) is 8.44. The zero-order chi connectivity index (χ0) is 18.0. The van der Waals surface area contributed by atoms with Crippen molar-refractivity contribution in [3.63, 3.8) is 0 Å². The standard InChI is InChI=1S/C18H21N3O4/c1-3-12-4-5-16(25-12)15-8-11(2)6-7-21(15)17(22)13-9-20-14(10-19-13)18(23)24/h4-5,9-11,15H,3,6-8H2,1-2H3,(H,23,24). The molecule has 1 fully saturated rings. The number of hydrogen-bond acceptors (Lipinski definition) is 5. The maximum absolute atomic E-state index is 12.9. The Labute approximate surface area is 145 Å². The summed E-state index contributed by atoms with van der Waals surface area (Å²) in [5, 5.41) is 8.90. The zero-order valence-corrected chi connectivity index (χ0v) is 14.3. The van der Waals surface area contributed by atoms with Gasteiger partial charge in [0, 0.05) is 13.0 Å². The van der Waals surface area contributed by atoms with Crippen molar-refractivity contribution >= 4 is 11.9 Å². The molecule has 0 aliphatic carbocycles. The molecule has 25 heavy (non-hydrogen) atoms. The van der Waals surface area contributed by atoms with Crippen molar-refractivity contribution in [3.8, 4) is 0 Å². The SMILES string of the molecule is CCc1ccc(C2CC(C)CCN2C(=O)c2cnc(C(=O)O)cn2)o1. The summed E-state index contributed by atoms with van der Waals surface area (Å²) in [5.41, 5.74) is -0.0363. The normalized spacial score (nSPS) is 20.5. The molecule has 1 saturated heterocycles. The number of amides is 1. The molecule has 0 radical (unpaired) electrons. The van der Waals surface area contributed by atoms with Crippen LogP contribution in [0, 0.1) is 5.92 Å². The molecule has 7 heteroatoms. The fourth-order valence-electron chi connectivity index (χ4n) is 3.11. The molecular formula is C18H21N3O4. The first kappa shape index (κ1) is 17.1. The molecule has 0 saturated carbocycles. The van der Waals surface area contributed by atoms with Gasteiger partial charge in [0.25, 0.3) is 5.91 Å². The number of furan rings is 1. The van der Waals surface area contributed by atoms with E-state index in [1.54, 1.807) is 4.90 Å². The fraction of sp³-hybridized carbons (Fsp3) is 0.444. The predicted molar refractivity (Wildman–Crippen MR) is 89.3 cm³/mol. The minimum absolute atomic E-state index is 0.141. The molecule has 0 bridgehead atoms. The van der Waals surface area contributed by atoms with E-state index < -0.39 is 5.97 Å². The van der Waals surface area contributed by atoms with E-state index in [2.05, 4.69) is 16.9 Å². The van der Waals surface area contributed by atoms with E-state index in [0.29, 0.717) is 12.5 Å². The average Bonchev–Trinajstić information content (AvgIpc) is 3.10. The summed E-state index contributed by atoms with van der Waals surface area (Å²) in [5.74, 6) is 0.748. The number of carbonyl (C=O) groups is 2. The maximum atomic E-state index is 12.9. The second-order valence-electron chi connectivity index (χ2n) is 6.39. The van der Waals surface area contributed by atoms with Crippen molar-refractivity contribution in [2.45, 2.75) is 39.2 Å². The van der Waals surface area contributed by atoms with E-state index in [4.69, 9.17) is 9.52 Å². The average molecular weight is 343 g/mol. The summed E-state index contributed by atoms with van der Waals surface area (Å²) < 4.78 is 5.88. The number of likely N-dealkylation sites (tertiary alicyclic amines) is 1. The first-order chi connectivity index (χ1) is 12.0. The van der Waals surface area contributed by atoms with Crippen LogP contribution >= 0.6 is 0 Å². The van der Waals surface area contributed by atoms with E-state index >= 15 is 0 Å². The number of piperidine rings is 1.